The monoisotopic (exact) mass is 405 g/mol. The van der Waals surface area contributed by atoms with Crippen LogP contribution in [0.5, 0.6) is 0 Å². The summed E-state index contributed by atoms with van der Waals surface area (Å²) in [7, 11) is -3.42. The summed E-state index contributed by atoms with van der Waals surface area (Å²) in [6, 6.07) is 0. The molecule has 0 aliphatic heterocycles. The molecule has 0 heterocycles. The van der Waals surface area contributed by atoms with E-state index in [0.29, 0.717) is 0 Å². The molecule has 0 aromatic heterocycles. The van der Waals surface area contributed by atoms with Crippen molar-refractivity contribution in [3.05, 3.63) is 36.0 Å². The van der Waals surface area contributed by atoms with Gasteiger partial charge in [0.2, 0.25) is 16.6 Å². The minimum absolute atomic E-state index is 0. The normalized spacial score (nSPS) is 10.6. The quantitative estimate of drug-likeness (QED) is 0.516. The first-order valence-corrected chi connectivity index (χ1v) is 10.2. The minimum atomic E-state index is -1.71. The average Bonchev–Trinajstić information content (AvgIpc) is 1.82. The van der Waals surface area contributed by atoms with Crippen LogP contribution in [0.2, 0.25) is 26.2 Å². The topological polar surface area (TPSA) is 9.23 Å². The van der Waals surface area contributed by atoms with Gasteiger partial charge < -0.3 is 4.12 Å². The van der Waals surface area contributed by atoms with Gasteiger partial charge >= 0.3 is 0 Å². The minimum Gasteiger partial charge on any atom is -0.449 e. The Morgan fingerprint density at radius 3 is 1.43 bits per heavy atom. The summed E-state index contributed by atoms with van der Waals surface area (Å²) in [4.78, 5) is 0. The van der Waals surface area contributed by atoms with Crippen LogP contribution in [-0.2, 0) is 25.2 Å². The van der Waals surface area contributed by atoms with Crippen LogP contribution in [0.4, 0.5) is 0 Å². The van der Waals surface area contributed by atoms with E-state index in [1.165, 1.54) is 0 Å². The van der Waals surface area contributed by atoms with Gasteiger partial charge in [-0.3, -0.25) is 0 Å². The van der Waals surface area contributed by atoms with Crippen molar-refractivity contribution in [2.45, 2.75) is 26.2 Å². The summed E-state index contributed by atoms with van der Waals surface area (Å²) in [5, 5.41) is 0. The van der Waals surface area contributed by atoms with Crippen LogP contribution in [0.3, 0.4) is 0 Å². The fourth-order valence-corrected chi connectivity index (χ4v) is 8.11. The molecule has 1 nitrogen and oxygen atoms in total. The second-order valence-corrected chi connectivity index (χ2v) is 11.8. The Hall–Kier alpha value is 0.122. The van der Waals surface area contributed by atoms with Crippen molar-refractivity contribution < 1.29 is 25.2 Å². The fraction of sp³-hybridized carbons (Fsp3) is 0.400. The zero-order chi connectivity index (χ0) is 10.5. The zero-order valence-corrected chi connectivity index (χ0v) is 13.6. The van der Waals surface area contributed by atoms with Gasteiger partial charge in [0, 0.05) is 21.1 Å². The number of hydrogen-bond acceptors (Lipinski definition) is 1. The molecule has 0 aliphatic carbocycles. The summed E-state index contributed by atoms with van der Waals surface area (Å²) in [5.74, 6) is 0. The summed E-state index contributed by atoms with van der Waals surface area (Å²) in [6.45, 7) is 15.7. The fourth-order valence-electron chi connectivity index (χ4n) is 1.23. The van der Waals surface area contributed by atoms with Crippen molar-refractivity contribution in [3.63, 3.8) is 0 Å². The first-order valence-electron chi connectivity index (χ1n) is 4.27. The maximum absolute atomic E-state index is 6.07. The van der Waals surface area contributed by atoms with Crippen LogP contribution < -0.4 is 0 Å². The molecule has 14 heavy (non-hydrogen) atoms. The van der Waals surface area contributed by atoms with Gasteiger partial charge in [-0.25, -0.2) is 0 Å². The van der Waals surface area contributed by atoms with Crippen molar-refractivity contribution in [1.29, 1.82) is 0 Å². The largest absolute Gasteiger partial charge is 0.449 e. The first kappa shape index (κ1) is 16.5. The van der Waals surface area contributed by atoms with E-state index in [9.17, 15) is 0 Å². The zero-order valence-electron chi connectivity index (χ0n) is 9.29. The van der Waals surface area contributed by atoms with Gasteiger partial charge in [-0.15, -0.1) is 11.5 Å². The average molecular weight is 406 g/mol. The molecule has 0 bridgehead atoms. The van der Waals surface area contributed by atoms with E-state index in [4.69, 9.17) is 4.12 Å². The third-order valence-corrected chi connectivity index (χ3v) is 7.43. The Balaban J connectivity index is 0. The van der Waals surface area contributed by atoms with E-state index in [1.807, 2.05) is 11.4 Å². The second-order valence-electron chi connectivity index (χ2n) is 4.01. The predicted octanol–water partition coefficient (Wildman–Crippen LogP) is 3.17. The van der Waals surface area contributed by atoms with E-state index in [-0.39, 0.29) is 21.1 Å². The van der Waals surface area contributed by atoms with Crippen molar-refractivity contribution in [1.82, 2.24) is 0 Å². The van der Waals surface area contributed by atoms with Gasteiger partial charge in [0.25, 0.3) is 0 Å². The van der Waals surface area contributed by atoms with Crippen LogP contribution in [0.15, 0.2) is 36.0 Å². The van der Waals surface area contributed by atoms with Crippen LogP contribution in [-0.4, -0.2) is 16.6 Å². The third kappa shape index (κ3) is 7.52. The summed E-state index contributed by atoms with van der Waals surface area (Å²) >= 11 is 0. The molecule has 0 fully saturated rings. The molecule has 0 spiro atoms. The van der Waals surface area contributed by atoms with Crippen LogP contribution in [0, 0.1) is 0 Å². The Morgan fingerprint density at radius 1 is 0.929 bits per heavy atom. The van der Waals surface area contributed by atoms with Gasteiger partial charge in [-0.2, -0.15) is 0 Å². The van der Waals surface area contributed by atoms with Gasteiger partial charge in [-0.1, -0.05) is 13.2 Å². The second kappa shape index (κ2) is 6.58. The smallest absolute Gasteiger partial charge is 0.206 e. The molecule has 0 rings (SSSR count). The summed E-state index contributed by atoms with van der Waals surface area (Å²) in [6.07, 6.45) is 0. The van der Waals surface area contributed by atoms with Gasteiger partial charge in [-0.05, 0) is 37.6 Å². The van der Waals surface area contributed by atoms with Crippen molar-refractivity contribution in [3.8, 4) is 0 Å². The summed E-state index contributed by atoms with van der Waals surface area (Å²) in [5.41, 5.74) is 9.56. The molecule has 0 atom stereocenters. The first-order chi connectivity index (χ1) is 5.83. The van der Waals surface area contributed by atoms with Crippen LogP contribution in [0.1, 0.15) is 0 Å². The van der Waals surface area contributed by atoms with E-state index in [1.54, 1.807) is 0 Å². The van der Waals surface area contributed by atoms with E-state index in [2.05, 4.69) is 50.8 Å². The molecule has 0 aromatic rings. The Morgan fingerprint density at radius 2 is 1.21 bits per heavy atom. The molecule has 82 valence electrons. The Kier molecular flexibility index (Phi) is 7.77. The SMILES string of the molecule is C=C=C[Si](C)(C)O[Si](C)(C)C=C=C.[Pt]. The molecule has 0 saturated heterocycles. The maximum atomic E-state index is 6.07. The van der Waals surface area contributed by atoms with Crippen molar-refractivity contribution in [2.75, 3.05) is 0 Å². The third-order valence-electron chi connectivity index (χ3n) is 1.43. The molecular formula is C10H18OPtSi2. The van der Waals surface area contributed by atoms with Crippen LogP contribution in [0.25, 0.3) is 0 Å². The molecule has 0 aliphatic rings. The molecule has 0 radical (unpaired) electrons. The van der Waals surface area contributed by atoms with Crippen LogP contribution >= 0.6 is 0 Å². The number of hydrogen-bond donors (Lipinski definition) is 0. The summed E-state index contributed by atoms with van der Waals surface area (Å²) < 4.78 is 6.07. The van der Waals surface area contributed by atoms with E-state index in [0.717, 1.165) is 0 Å². The molecule has 0 amide bonds. The van der Waals surface area contributed by atoms with Crippen molar-refractivity contribution in [2.24, 2.45) is 0 Å². The van der Waals surface area contributed by atoms with Gasteiger partial charge in [0.15, 0.2) is 0 Å². The molecule has 0 N–H and O–H groups in total. The molecule has 0 aromatic carbocycles. The standard InChI is InChI=1S/C10H18OSi2.Pt/c1-7-9-12(3,4)11-13(5,6)10-8-2;/h9-10H,1-2H2,3-6H3;. The molecular weight excluding hydrogens is 387 g/mol. The molecule has 0 unspecified atom stereocenters. The van der Waals surface area contributed by atoms with Gasteiger partial charge in [0.1, 0.15) is 0 Å². The van der Waals surface area contributed by atoms with E-state index < -0.39 is 16.6 Å². The number of rotatable bonds is 4. The predicted molar refractivity (Wildman–Crippen MR) is 63.5 cm³/mol. The van der Waals surface area contributed by atoms with Gasteiger partial charge in [0.05, 0.1) is 0 Å². The molecule has 0 saturated carbocycles. The van der Waals surface area contributed by atoms with Crippen molar-refractivity contribution >= 4 is 16.6 Å². The Labute approximate surface area is 104 Å². The molecule has 4 heteroatoms. The van der Waals surface area contributed by atoms with E-state index >= 15 is 0 Å². The Bertz CT molecular complexity index is 244. The maximum Gasteiger partial charge on any atom is 0.206 e.